The van der Waals surface area contributed by atoms with E-state index in [2.05, 4.69) is 39.4 Å². The number of rotatable bonds is 4. The maximum Gasteiger partial charge on any atom is 0.233 e. The molecule has 1 aromatic heterocycles. The van der Waals surface area contributed by atoms with Gasteiger partial charge in [-0.2, -0.15) is 0 Å². The quantitative estimate of drug-likeness (QED) is 0.916. The summed E-state index contributed by atoms with van der Waals surface area (Å²) in [5.74, 6) is 0.959. The molecule has 1 aliphatic heterocycles. The molecule has 3 rings (SSSR count). The second-order valence-electron chi connectivity index (χ2n) is 5.05. The fourth-order valence-corrected chi connectivity index (χ4v) is 2.44. The van der Waals surface area contributed by atoms with Gasteiger partial charge in [-0.25, -0.2) is 0 Å². The van der Waals surface area contributed by atoms with Gasteiger partial charge in [0.25, 0.3) is 0 Å². The minimum atomic E-state index is 0.177. The molecule has 0 saturated carbocycles. The van der Waals surface area contributed by atoms with Crippen molar-refractivity contribution < 1.29 is 4.74 Å². The van der Waals surface area contributed by atoms with Crippen molar-refractivity contribution in [2.45, 2.75) is 19.1 Å². The van der Waals surface area contributed by atoms with Crippen LogP contribution in [0.5, 0.6) is 5.88 Å². The molecule has 104 valence electrons. The van der Waals surface area contributed by atoms with Crippen LogP contribution >= 0.6 is 0 Å². The van der Waals surface area contributed by atoms with Crippen molar-refractivity contribution in [3.63, 3.8) is 0 Å². The molecule has 5 heteroatoms. The number of aromatic nitrogens is 2. The molecule has 0 radical (unpaired) electrons. The number of anilines is 1. The second kappa shape index (κ2) is 5.88. The van der Waals surface area contributed by atoms with Crippen LogP contribution in [0.3, 0.4) is 0 Å². The number of nitrogen functional groups attached to an aromatic ring is 1. The van der Waals surface area contributed by atoms with Gasteiger partial charge >= 0.3 is 0 Å². The standard InChI is InChI=1S/C15H18N4O/c16-14-6-7-15(18-17-14)20-13-8-9-19(11-13)10-12-4-2-1-3-5-12/h1-7,13H,8-11H2,(H2,16,17). The average Bonchev–Trinajstić information content (AvgIpc) is 2.90. The molecule has 0 aliphatic carbocycles. The smallest absolute Gasteiger partial charge is 0.233 e. The van der Waals surface area contributed by atoms with Crippen LogP contribution < -0.4 is 10.5 Å². The zero-order valence-corrected chi connectivity index (χ0v) is 11.3. The lowest BCUT2D eigenvalue weighted by Gasteiger charge is -2.16. The van der Waals surface area contributed by atoms with Crippen LogP contribution in [0.1, 0.15) is 12.0 Å². The van der Waals surface area contributed by atoms with Crippen molar-refractivity contribution in [3.05, 3.63) is 48.0 Å². The summed E-state index contributed by atoms with van der Waals surface area (Å²) < 4.78 is 5.83. The van der Waals surface area contributed by atoms with Crippen molar-refractivity contribution in [1.29, 1.82) is 0 Å². The van der Waals surface area contributed by atoms with Crippen LogP contribution in [-0.2, 0) is 6.54 Å². The van der Waals surface area contributed by atoms with E-state index in [0.29, 0.717) is 11.7 Å². The van der Waals surface area contributed by atoms with Crippen molar-refractivity contribution in [2.75, 3.05) is 18.8 Å². The third-order valence-corrected chi connectivity index (χ3v) is 3.43. The summed E-state index contributed by atoms with van der Waals surface area (Å²) in [5.41, 5.74) is 6.84. The topological polar surface area (TPSA) is 64.3 Å². The zero-order valence-electron chi connectivity index (χ0n) is 11.3. The lowest BCUT2D eigenvalue weighted by molar-refractivity contribution is 0.189. The maximum atomic E-state index is 5.83. The van der Waals surface area contributed by atoms with Crippen LogP contribution in [0, 0.1) is 0 Å². The van der Waals surface area contributed by atoms with Crippen molar-refractivity contribution in [3.8, 4) is 5.88 Å². The molecule has 5 nitrogen and oxygen atoms in total. The van der Waals surface area contributed by atoms with Gasteiger partial charge in [0.1, 0.15) is 11.9 Å². The molecular weight excluding hydrogens is 252 g/mol. The van der Waals surface area contributed by atoms with Crippen LogP contribution in [-0.4, -0.2) is 34.3 Å². The highest BCUT2D eigenvalue weighted by Crippen LogP contribution is 2.18. The van der Waals surface area contributed by atoms with E-state index in [0.717, 1.165) is 26.1 Å². The van der Waals surface area contributed by atoms with Crippen LogP contribution in [0.25, 0.3) is 0 Å². The molecule has 1 aliphatic rings. The normalized spacial score (nSPS) is 19.1. The molecular formula is C15H18N4O. The van der Waals surface area contributed by atoms with Crippen LogP contribution in [0.2, 0.25) is 0 Å². The Balaban J connectivity index is 1.53. The Kier molecular flexibility index (Phi) is 3.78. The molecule has 1 atom stereocenters. The summed E-state index contributed by atoms with van der Waals surface area (Å²) in [6.45, 7) is 2.93. The lowest BCUT2D eigenvalue weighted by atomic mass is 10.2. The van der Waals surface area contributed by atoms with E-state index in [1.165, 1.54) is 5.56 Å². The number of hydrogen-bond acceptors (Lipinski definition) is 5. The largest absolute Gasteiger partial charge is 0.472 e. The van der Waals surface area contributed by atoms with Gasteiger partial charge in [-0.05, 0) is 18.1 Å². The first-order valence-corrected chi connectivity index (χ1v) is 6.82. The summed E-state index contributed by atoms with van der Waals surface area (Å²) >= 11 is 0. The molecule has 1 unspecified atom stereocenters. The second-order valence-corrected chi connectivity index (χ2v) is 5.05. The van der Waals surface area contributed by atoms with Crippen LogP contribution in [0.15, 0.2) is 42.5 Å². The van der Waals surface area contributed by atoms with E-state index in [1.807, 2.05) is 6.07 Å². The SMILES string of the molecule is Nc1ccc(OC2CCN(Cc3ccccc3)C2)nn1. The number of hydrogen-bond donors (Lipinski definition) is 1. The predicted molar refractivity (Wildman–Crippen MR) is 77.2 cm³/mol. The van der Waals surface area contributed by atoms with Gasteiger partial charge < -0.3 is 10.5 Å². The van der Waals surface area contributed by atoms with Gasteiger partial charge in [-0.1, -0.05) is 30.3 Å². The Morgan fingerprint density at radius 1 is 1.15 bits per heavy atom. The fraction of sp³-hybridized carbons (Fsp3) is 0.333. The first-order chi connectivity index (χ1) is 9.79. The number of ether oxygens (including phenoxy) is 1. The first-order valence-electron chi connectivity index (χ1n) is 6.82. The molecule has 1 aromatic carbocycles. The Bertz CT molecular complexity index is 544. The lowest BCUT2D eigenvalue weighted by Crippen LogP contribution is -2.24. The van der Waals surface area contributed by atoms with Gasteiger partial charge in [0, 0.05) is 25.7 Å². The fourth-order valence-electron chi connectivity index (χ4n) is 2.44. The highest BCUT2D eigenvalue weighted by molar-refractivity contribution is 5.27. The number of nitrogens with two attached hydrogens (primary N) is 1. The van der Waals surface area contributed by atoms with E-state index in [4.69, 9.17) is 10.5 Å². The summed E-state index contributed by atoms with van der Waals surface area (Å²) in [5, 5.41) is 7.73. The summed E-state index contributed by atoms with van der Waals surface area (Å²) in [7, 11) is 0. The number of likely N-dealkylation sites (tertiary alicyclic amines) is 1. The molecule has 1 saturated heterocycles. The van der Waals surface area contributed by atoms with E-state index in [1.54, 1.807) is 12.1 Å². The van der Waals surface area contributed by atoms with Gasteiger partial charge in [-0.15, -0.1) is 10.2 Å². The molecule has 2 heterocycles. The van der Waals surface area contributed by atoms with Crippen molar-refractivity contribution in [1.82, 2.24) is 15.1 Å². The summed E-state index contributed by atoms with van der Waals surface area (Å²) in [4.78, 5) is 2.39. The van der Waals surface area contributed by atoms with Crippen molar-refractivity contribution >= 4 is 5.82 Å². The monoisotopic (exact) mass is 270 g/mol. The van der Waals surface area contributed by atoms with Gasteiger partial charge in [0.15, 0.2) is 0 Å². The molecule has 0 amide bonds. The Morgan fingerprint density at radius 3 is 2.75 bits per heavy atom. The van der Waals surface area contributed by atoms with Crippen LogP contribution in [0.4, 0.5) is 5.82 Å². The average molecular weight is 270 g/mol. The third-order valence-electron chi connectivity index (χ3n) is 3.43. The molecule has 2 aromatic rings. The predicted octanol–water partition coefficient (Wildman–Crippen LogP) is 1.71. The molecule has 2 N–H and O–H groups in total. The summed E-state index contributed by atoms with van der Waals surface area (Å²) in [6, 6.07) is 14.0. The van der Waals surface area contributed by atoms with E-state index < -0.39 is 0 Å². The Hall–Kier alpha value is -2.14. The molecule has 1 fully saturated rings. The number of benzene rings is 1. The van der Waals surface area contributed by atoms with E-state index >= 15 is 0 Å². The molecule has 0 spiro atoms. The van der Waals surface area contributed by atoms with E-state index in [-0.39, 0.29) is 6.10 Å². The maximum absolute atomic E-state index is 5.83. The minimum absolute atomic E-state index is 0.177. The van der Waals surface area contributed by atoms with Gasteiger partial charge in [-0.3, -0.25) is 4.90 Å². The Labute approximate surface area is 118 Å². The van der Waals surface area contributed by atoms with E-state index in [9.17, 15) is 0 Å². The zero-order chi connectivity index (χ0) is 13.8. The van der Waals surface area contributed by atoms with Crippen molar-refractivity contribution in [2.24, 2.45) is 0 Å². The first kappa shape index (κ1) is 12.9. The highest BCUT2D eigenvalue weighted by atomic mass is 16.5. The van der Waals surface area contributed by atoms with Gasteiger partial charge in [0.05, 0.1) is 0 Å². The minimum Gasteiger partial charge on any atom is -0.472 e. The molecule has 20 heavy (non-hydrogen) atoms. The van der Waals surface area contributed by atoms with Gasteiger partial charge in [0.2, 0.25) is 5.88 Å². The summed E-state index contributed by atoms with van der Waals surface area (Å²) in [6.07, 6.45) is 1.19. The Morgan fingerprint density at radius 2 is 2.00 bits per heavy atom. The number of nitrogens with zero attached hydrogens (tertiary/aromatic N) is 3. The third kappa shape index (κ3) is 3.24. The molecule has 0 bridgehead atoms. The highest BCUT2D eigenvalue weighted by Gasteiger charge is 2.24.